The quantitative estimate of drug-likeness (QED) is 0.811. The standard InChI is InChI=1S/C14H17N3O3/c1-3-12(13(18)20-2)16-10-4-6-11(7-5-10)17-9-8-15-14(17)19/h4-9,12,16H,3H2,1-2H3,(H,15,19). The van der Waals surface area contributed by atoms with Crippen LogP contribution in [-0.4, -0.2) is 28.7 Å². The molecule has 0 saturated carbocycles. The number of rotatable bonds is 5. The Hall–Kier alpha value is -2.50. The minimum atomic E-state index is -0.374. The number of hydrogen-bond donors (Lipinski definition) is 2. The molecule has 0 aliphatic heterocycles. The first-order chi connectivity index (χ1) is 9.65. The molecule has 1 aromatic carbocycles. The number of aromatic nitrogens is 2. The summed E-state index contributed by atoms with van der Waals surface area (Å²) >= 11 is 0. The highest BCUT2D eigenvalue weighted by atomic mass is 16.5. The summed E-state index contributed by atoms with van der Waals surface area (Å²) in [7, 11) is 1.37. The fraction of sp³-hybridized carbons (Fsp3) is 0.286. The summed E-state index contributed by atoms with van der Waals surface area (Å²) < 4.78 is 6.22. The minimum absolute atomic E-state index is 0.188. The molecule has 2 N–H and O–H groups in total. The number of aromatic amines is 1. The smallest absolute Gasteiger partial charge is 0.330 e. The minimum Gasteiger partial charge on any atom is -0.467 e. The molecule has 20 heavy (non-hydrogen) atoms. The van der Waals surface area contributed by atoms with Crippen molar-refractivity contribution in [2.24, 2.45) is 0 Å². The molecule has 0 spiro atoms. The van der Waals surface area contributed by atoms with E-state index >= 15 is 0 Å². The average Bonchev–Trinajstić information content (AvgIpc) is 2.90. The molecule has 0 aliphatic rings. The van der Waals surface area contributed by atoms with Crippen molar-refractivity contribution in [2.45, 2.75) is 19.4 Å². The summed E-state index contributed by atoms with van der Waals surface area (Å²) in [6.07, 6.45) is 3.87. The molecule has 6 heteroatoms. The Morgan fingerprint density at radius 1 is 1.40 bits per heavy atom. The van der Waals surface area contributed by atoms with E-state index < -0.39 is 0 Å². The third kappa shape index (κ3) is 2.90. The number of imidazole rings is 1. The molecule has 0 saturated heterocycles. The molecule has 0 radical (unpaired) electrons. The maximum atomic E-state index is 11.5. The van der Waals surface area contributed by atoms with Gasteiger partial charge in [0.1, 0.15) is 6.04 Å². The molecule has 0 aliphatic carbocycles. The number of nitrogens with zero attached hydrogens (tertiary/aromatic N) is 1. The SMILES string of the molecule is CCC(Nc1ccc(-n2cc[nH]c2=O)cc1)C(=O)OC. The summed E-state index contributed by atoms with van der Waals surface area (Å²) in [6, 6.07) is 6.88. The summed E-state index contributed by atoms with van der Waals surface area (Å²) in [4.78, 5) is 25.6. The van der Waals surface area contributed by atoms with E-state index in [1.807, 2.05) is 31.2 Å². The molecule has 1 unspecified atom stereocenters. The predicted molar refractivity (Wildman–Crippen MR) is 76.1 cm³/mol. The van der Waals surface area contributed by atoms with Gasteiger partial charge in [-0.25, -0.2) is 9.59 Å². The van der Waals surface area contributed by atoms with E-state index in [-0.39, 0.29) is 17.7 Å². The van der Waals surface area contributed by atoms with Crippen molar-refractivity contribution in [2.75, 3.05) is 12.4 Å². The van der Waals surface area contributed by atoms with Crippen LogP contribution in [0.15, 0.2) is 41.5 Å². The fourth-order valence-electron chi connectivity index (χ4n) is 1.91. The molecule has 106 valence electrons. The van der Waals surface area contributed by atoms with Gasteiger partial charge in [-0.05, 0) is 30.7 Å². The van der Waals surface area contributed by atoms with Crippen LogP contribution in [0.5, 0.6) is 0 Å². The van der Waals surface area contributed by atoms with Crippen LogP contribution in [0.3, 0.4) is 0 Å². The number of methoxy groups -OCH3 is 1. The molecule has 1 atom stereocenters. The molecule has 0 bridgehead atoms. The van der Waals surface area contributed by atoms with E-state index in [1.165, 1.54) is 11.7 Å². The van der Waals surface area contributed by atoms with E-state index in [1.54, 1.807) is 12.4 Å². The van der Waals surface area contributed by atoms with Gasteiger partial charge in [-0.1, -0.05) is 6.92 Å². The number of carbonyl (C=O) groups is 1. The first-order valence-corrected chi connectivity index (χ1v) is 6.36. The van der Waals surface area contributed by atoms with E-state index in [0.29, 0.717) is 6.42 Å². The van der Waals surface area contributed by atoms with Crippen LogP contribution in [0, 0.1) is 0 Å². The van der Waals surface area contributed by atoms with Crippen molar-refractivity contribution < 1.29 is 9.53 Å². The summed E-state index contributed by atoms with van der Waals surface area (Å²) in [5.74, 6) is -0.293. The molecule has 1 heterocycles. The maximum Gasteiger partial charge on any atom is 0.330 e. The summed E-state index contributed by atoms with van der Waals surface area (Å²) in [6.45, 7) is 1.91. The number of H-pyrrole nitrogens is 1. The van der Waals surface area contributed by atoms with Gasteiger partial charge < -0.3 is 15.0 Å². The van der Waals surface area contributed by atoms with Gasteiger partial charge in [0.2, 0.25) is 0 Å². The summed E-state index contributed by atoms with van der Waals surface area (Å²) in [5, 5.41) is 3.10. The largest absolute Gasteiger partial charge is 0.467 e. The van der Waals surface area contributed by atoms with Gasteiger partial charge in [-0.2, -0.15) is 0 Å². The molecular weight excluding hydrogens is 258 g/mol. The Morgan fingerprint density at radius 3 is 2.60 bits per heavy atom. The highest BCUT2D eigenvalue weighted by molar-refractivity contribution is 5.79. The van der Waals surface area contributed by atoms with Crippen LogP contribution in [0.4, 0.5) is 5.69 Å². The number of esters is 1. The van der Waals surface area contributed by atoms with Crippen molar-refractivity contribution in [1.82, 2.24) is 9.55 Å². The van der Waals surface area contributed by atoms with Gasteiger partial charge in [0.25, 0.3) is 0 Å². The maximum absolute atomic E-state index is 11.5. The Kier molecular flexibility index (Phi) is 4.24. The van der Waals surface area contributed by atoms with Crippen molar-refractivity contribution >= 4 is 11.7 Å². The van der Waals surface area contributed by atoms with Crippen LogP contribution in [0.2, 0.25) is 0 Å². The number of ether oxygens (including phenoxy) is 1. The van der Waals surface area contributed by atoms with Gasteiger partial charge in [-0.3, -0.25) is 4.57 Å². The van der Waals surface area contributed by atoms with E-state index in [4.69, 9.17) is 4.74 Å². The number of benzene rings is 1. The number of anilines is 1. The van der Waals surface area contributed by atoms with E-state index in [2.05, 4.69) is 10.3 Å². The number of nitrogens with one attached hydrogen (secondary N) is 2. The normalized spacial score (nSPS) is 11.9. The zero-order chi connectivity index (χ0) is 14.5. The third-order valence-corrected chi connectivity index (χ3v) is 3.03. The Bertz CT molecular complexity index is 628. The van der Waals surface area contributed by atoms with Crippen LogP contribution in [-0.2, 0) is 9.53 Å². The van der Waals surface area contributed by atoms with Crippen LogP contribution >= 0.6 is 0 Å². The van der Waals surface area contributed by atoms with Crippen LogP contribution < -0.4 is 11.0 Å². The van der Waals surface area contributed by atoms with Crippen molar-refractivity contribution in [3.05, 3.63) is 47.1 Å². The topological polar surface area (TPSA) is 76.1 Å². The molecular formula is C14H17N3O3. The third-order valence-electron chi connectivity index (χ3n) is 3.03. The highest BCUT2D eigenvalue weighted by Crippen LogP contribution is 2.14. The van der Waals surface area contributed by atoms with Gasteiger partial charge >= 0.3 is 11.7 Å². The van der Waals surface area contributed by atoms with Crippen molar-refractivity contribution in [1.29, 1.82) is 0 Å². The monoisotopic (exact) mass is 275 g/mol. The lowest BCUT2D eigenvalue weighted by Gasteiger charge is -2.16. The van der Waals surface area contributed by atoms with E-state index in [9.17, 15) is 9.59 Å². The van der Waals surface area contributed by atoms with Gasteiger partial charge in [-0.15, -0.1) is 0 Å². The molecule has 2 aromatic rings. The predicted octanol–water partition coefficient (Wildman–Crippen LogP) is 1.53. The lowest BCUT2D eigenvalue weighted by molar-refractivity contribution is -0.141. The summed E-state index contributed by atoms with van der Waals surface area (Å²) in [5.41, 5.74) is 1.37. The molecule has 0 amide bonds. The number of carbonyl (C=O) groups excluding carboxylic acids is 1. The second kappa shape index (κ2) is 6.10. The Morgan fingerprint density at radius 2 is 2.10 bits per heavy atom. The van der Waals surface area contributed by atoms with Crippen LogP contribution in [0.1, 0.15) is 13.3 Å². The second-order valence-electron chi connectivity index (χ2n) is 4.31. The van der Waals surface area contributed by atoms with Crippen molar-refractivity contribution in [3.8, 4) is 5.69 Å². The lowest BCUT2D eigenvalue weighted by atomic mass is 10.2. The Labute approximate surface area is 116 Å². The van der Waals surface area contributed by atoms with Gasteiger partial charge in [0, 0.05) is 18.1 Å². The molecule has 0 fully saturated rings. The Balaban J connectivity index is 2.14. The highest BCUT2D eigenvalue weighted by Gasteiger charge is 2.16. The van der Waals surface area contributed by atoms with Crippen LogP contribution in [0.25, 0.3) is 5.69 Å². The second-order valence-corrected chi connectivity index (χ2v) is 4.31. The average molecular weight is 275 g/mol. The zero-order valence-corrected chi connectivity index (χ0v) is 11.4. The fourth-order valence-corrected chi connectivity index (χ4v) is 1.91. The van der Waals surface area contributed by atoms with Gasteiger partial charge in [0.15, 0.2) is 0 Å². The molecule has 1 aromatic heterocycles. The van der Waals surface area contributed by atoms with E-state index in [0.717, 1.165) is 11.4 Å². The zero-order valence-electron chi connectivity index (χ0n) is 11.4. The van der Waals surface area contributed by atoms with Crippen molar-refractivity contribution in [3.63, 3.8) is 0 Å². The number of hydrogen-bond acceptors (Lipinski definition) is 4. The first-order valence-electron chi connectivity index (χ1n) is 6.36. The molecule has 6 nitrogen and oxygen atoms in total. The van der Waals surface area contributed by atoms with Gasteiger partial charge in [0.05, 0.1) is 12.8 Å². The lowest BCUT2D eigenvalue weighted by Crippen LogP contribution is -2.29. The first kappa shape index (κ1) is 13.9. The molecule has 2 rings (SSSR count).